The van der Waals surface area contributed by atoms with Crippen molar-refractivity contribution < 1.29 is 9.72 Å². The lowest BCUT2D eigenvalue weighted by atomic mass is 10.1. The van der Waals surface area contributed by atoms with E-state index in [1.165, 1.54) is 37.1 Å². The van der Waals surface area contributed by atoms with Crippen LogP contribution < -0.4 is 0 Å². The standard InChI is InChI=1S/C14H18N2O3/c1-2-15(9-11-3-4-11)10-14(17)12-5-7-13(8-6-12)16(18)19/h5-8,11H,2-4,9-10H2,1H3. The molecule has 1 aliphatic carbocycles. The van der Waals surface area contributed by atoms with E-state index in [9.17, 15) is 14.9 Å². The van der Waals surface area contributed by atoms with Crippen molar-refractivity contribution in [1.82, 2.24) is 4.90 Å². The van der Waals surface area contributed by atoms with Crippen LogP contribution in [0.3, 0.4) is 0 Å². The molecule has 2 rings (SSSR count). The smallest absolute Gasteiger partial charge is 0.269 e. The predicted molar refractivity (Wildman–Crippen MR) is 72.3 cm³/mol. The van der Waals surface area contributed by atoms with Gasteiger partial charge in [0.2, 0.25) is 0 Å². The highest BCUT2D eigenvalue weighted by Crippen LogP contribution is 2.29. The fourth-order valence-electron chi connectivity index (χ4n) is 2.03. The minimum atomic E-state index is -0.459. The van der Waals surface area contributed by atoms with Crippen molar-refractivity contribution in [2.75, 3.05) is 19.6 Å². The van der Waals surface area contributed by atoms with Crippen LogP contribution in [0, 0.1) is 16.0 Å². The van der Waals surface area contributed by atoms with Gasteiger partial charge in [-0.1, -0.05) is 6.92 Å². The van der Waals surface area contributed by atoms with E-state index < -0.39 is 4.92 Å². The van der Waals surface area contributed by atoms with Crippen molar-refractivity contribution in [2.24, 2.45) is 5.92 Å². The van der Waals surface area contributed by atoms with Crippen LogP contribution in [-0.4, -0.2) is 35.2 Å². The Morgan fingerprint density at radius 2 is 2.00 bits per heavy atom. The SMILES string of the molecule is CCN(CC(=O)c1ccc([N+](=O)[O-])cc1)CC1CC1. The van der Waals surface area contributed by atoms with E-state index in [1.54, 1.807) is 0 Å². The molecule has 1 aliphatic rings. The van der Waals surface area contributed by atoms with Crippen molar-refractivity contribution in [2.45, 2.75) is 19.8 Å². The topological polar surface area (TPSA) is 63.5 Å². The third-order valence-electron chi connectivity index (χ3n) is 3.43. The van der Waals surface area contributed by atoms with Crippen LogP contribution in [0.25, 0.3) is 0 Å². The third-order valence-corrected chi connectivity index (χ3v) is 3.43. The lowest BCUT2D eigenvalue weighted by Crippen LogP contribution is -2.31. The van der Waals surface area contributed by atoms with Crippen molar-refractivity contribution >= 4 is 11.5 Å². The number of carbonyl (C=O) groups is 1. The Balaban J connectivity index is 1.95. The first-order chi connectivity index (χ1) is 9.10. The third kappa shape index (κ3) is 3.86. The molecule has 0 spiro atoms. The Kier molecular flexibility index (Phi) is 4.27. The van der Waals surface area contributed by atoms with Crippen LogP contribution in [0.2, 0.25) is 0 Å². The van der Waals surface area contributed by atoms with Crippen LogP contribution in [0.4, 0.5) is 5.69 Å². The summed E-state index contributed by atoms with van der Waals surface area (Å²) in [5.74, 6) is 0.780. The van der Waals surface area contributed by atoms with Gasteiger partial charge in [0.05, 0.1) is 11.5 Å². The maximum atomic E-state index is 12.1. The van der Waals surface area contributed by atoms with Crippen LogP contribution in [0.5, 0.6) is 0 Å². The van der Waals surface area contributed by atoms with Gasteiger partial charge in [0.1, 0.15) is 0 Å². The second-order valence-corrected chi connectivity index (χ2v) is 5.00. The minimum Gasteiger partial charge on any atom is -0.296 e. The normalized spacial score (nSPS) is 14.6. The van der Waals surface area contributed by atoms with Gasteiger partial charge in [-0.25, -0.2) is 0 Å². The fourth-order valence-corrected chi connectivity index (χ4v) is 2.03. The summed E-state index contributed by atoms with van der Waals surface area (Å²) in [6, 6.07) is 5.83. The number of likely N-dealkylation sites (N-methyl/N-ethyl adjacent to an activating group) is 1. The fraction of sp³-hybridized carbons (Fsp3) is 0.500. The molecule has 5 heteroatoms. The first-order valence-corrected chi connectivity index (χ1v) is 6.60. The van der Waals surface area contributed by atoms with Gasteiger partial charge in [0.25, 0.3) is 5.69 Å². The van der Waals surface area contributed by atoms with Gasteiger partial charge in [0.15, 0.2) is 5.78 Å². The van der Waals surface area contributed by atoms with Gasteiger partial charge < -0.3 is 0 Å². The second-order valence-electron chi connectivity index (χ2n) is 5.00. The molecule has 1 saturated carbocycles. The number of carbonyl (C=O) groups excluding carboxylic acids is 1. The number of nitro benzene ring substituents is 1. The summed E-state index contributed by atoms with van der Waals surface area (Å²) in [6.07, 6.45) is 2.53. The average Bonchev–Trinajstić information content (AvgIpc) is 3.22. The molecule has 0 bridgehead atoms. The molecule has 0 saturated heterocycles. The van der Waals surface area contributed by atoms with Gasteiger partial charge in [-0.15, -0.1) is 0 Å². The molecule has 0 aromatic heterocycles. The van der Waals surface area contributed by atoms with Crippen molar-refractivity contribution in [3.05, 3.63) is 39.9 Å². The Morgan fingerprint density at radius 1 is 1.37 bits per heavy atom. The van der Waals surface area contributed by atoms with E-state index in [-0.39, 0.29) is 11.5 Å². The van der Waals surface area contributed by atoms with Crippen molar-refractivity contribution in [1.29, 1.82) is 0 Å². The van der Waals surface area contributed by atoms with Gasteiger partial charge in [-0.3, -0.25) is 19.8 Å². The summed E-state index contributed by atoms with van der Waals surface area (Å²) in [7, 11) is 0. The molecule has 0 N–H and O–H groups in total. The molecule has 0 amide bonds. The first-order valence-electron chi connectivity index (χ1n) is 6.60. The molecule has 1 fully saturated rings. The van der Waals surface area contributed by atoms with Crippen LogP contribution >= 0.6 is 0 Å². The van der Waals surface area contributed by atoms with E-state index in [0.717, 1.165) is 19.0 Å². The van der Waals surface area contributed by atoms with Crippen molar-refractivity contribution in [3.63, 3.8) is 0 Å². The summed E-state index contributed by atoms with van der Waals surface area (Å²) in [5.41, 5.74) is 0.557. The van der Waals surface area contributed by atoms with Gasteiger partial charge >= 0.3 is 0 Å². The van der Waals surface area contributed by atoms with Crippen LogP contribution in [-0.2, 0) is 0 Å². The maximum Gasteiger partial charge on any atom is 0.269 e. The molecular weight excluding hydrogens is 244 g/mol. The average molecular weight is 262 g/mol. The van der Waals surface area contributed by atoms with E-state index in [4.69, 9.17) is 0 Å². The zero-order chi connectivity index (χ0) is 13.8. The highest BCUT2D eigenvalue weighted by Gasteiger charge is 2.24. The zero-order valence-electron chi connectivity index (χ0n) is 11.0. The number of hydrogen-bond donors (Lipinski definition) is 0. The molecule has 0 aliphatic heterocycles. The summed E-state index contributed by atoms with van der Waals surface area (Å²) >= 11 is 0. The lowest BCUT2D eigenvalue weighted by molar-refractivity contribution is -0.384. The Labute approximate surface area is 112 Å². The number of benzene rings is 1. The summed E-state index contributed by atoms with van der Waals surface area (Å²) in [6.45, 7) is 4.28. The molecule has 19 heavy (non-hydrogen) atoms. The highest BCUT2D eigenvalue weighted by atomic mass is 16.6. The van der Waals surface area contributed by atoms with E-state index in [2.05, 4.69) is 4.90 Å². The molecule has 0 radical (unpaired) electrons. The summed E-state index contributed by atoms with van der Waals surface area (Å²) < 4.78 is 0. The number of rotatable bonds is 7. The molecule has 0 unspecified atom stereocenters. The molecule has 0 atom stereocenters. The van der Waals surface area contributed by atoms with Crippen LogP contribution in [0.15, 0.2) is 24.3 Å². The van der Waals surface area contributed by atoms with E-state index in [1.807, 2.05) is 6.92 Å². The Bertz CT molecular complexity index is 466. The van der Waals surface area contributed by atoms with E-state index >= 15 is 0 Å². The Morgan fingerprint density at radius 3 is 2.47 bits per heavy atom. The molecule has 0 heterocycles. The van der Waals surface area contributed by atoms with Gasteiger partial charge in [0, 0.05) is 24.2 Å². The minimum absolute atomic E-state index is 0.0156. The molecule has 1 aromatic carbocycles. The molecule has 5 nitrogen and oxygen atoms in total. The summed E-state index contributed by atoms with van der Waals surface area (Å²) in [5, 5.41) is 10.5. The lowest BCUT2D eigenvalue weighted by Gasteiger charge is -2.19. The number of non-ortho nitro benzene ring substituents is 1. The zero-order valence-corrected chi connectivity index (χ0v) is 11.0. The summed E-state index contributed by atoms with van der Waals surface area (Å²) in [4.78, 5) is 24.3. The van der Waals surface area contributed by atoms with Gasteiger partial charge in [-0.2, -0.15) is 0 Å². The highest BCUT2D eigenvalue weighted by molar-refractivity contribution is 5.97. The number of ketones is 1. The second kappa shape index (κ2) is 5.93. The number of nitrogens with zero attached hydrogens (tertiary/aromatic N) is 2. The monoisotopic (exact) mass is 262 g/mol. The number of Topliss-reactive ketones (excluding diaryl/α,β-unsaturated/α-hetero) is 1. The number of hydrogen-bond acceptors (Lipinski definition) is 4. The molecular formula is C14H18N2O3. The molecule has 102 valence electrons. The number of nitro groups is 1. The molecule has 1 aromatic rings. The largest absolute Gasteiger partial charge is 0.296 e. The Hall–Kier alpha value is -1.75. The van der Waals surface area contributed by atoms with Gasteiger partial charge in [-0.05, 0) is 37.4 Å². The predicted octanol–water partition coefficient (Wildman–Crippen LogP) is 2.51. The van der Waals surface area contributed by atoms with Crippen LogP contribution in [0.1, 0.15) is 30.1 Å². The maximum absolute atomic E-state index is 12.1. The van der Waals surface area contributed by atoms with E-state index in [0.29, 0.717) is 12.1 Å². The quantitative estimate of drug-likeness (QED) is 0.430. The van der Waals surface area contributed by atoms with Crippen molar-refractivity contribution in [3.8, 4) is 0 Å². The first kappa shape index (κ1) is 13.7.